The Kier molecular flexibility index (Phi) is 6.29. The predicted molar refractivity (Wildman–Crippen MR) is 67.4 cm³/mol. The second-order valence-corrected chi connectivity index (χ2v) is 4.06. The van der Waals surface area contributed by atoms with Gasteiger partial charge in [0.25, 0.3) is 0 Å². The lowest BCUT2D eigenvalue weighted by Crippen LogP contribution is -2.22. The highest BCUT2D eigenvalue weighted by Gasteiger charge is 2.10. The zero-order valence-electron chi connectivity index (χ0n) is 9.82. The summed E-state index contributed by atoms with van der Waals surface area (Å²) in [5, 5.41) is 21.6. The molecule has 1 atom stereocenters. The van der Waals surface area contributed by atoms with E-state index < -0.39 is 6.10 Å². The van der Waals surface area contributed by atoms with E-state index in [-0.39, 0.29) is 13.2 Å². The molecule has 1 unspecified atom stereocenters. The first-order valence-electron chi connectivity index (χ1n) is 5.58. The van der Waals surface area contributed by atoms with Crippen LogP contribution in [0.1, 0.15) is 12.5 Å². The van der Waals surface area contributed by atoms with Crippen molar-refractivity contribution in [2.45, 2.75) is 19.6 Å². The van der Waals surface area contributed by atoms with E-state index in [2.05, 4.69) is 5.32 Å². The minimum Gasteiger partial charge on any atom is -0.489 e. The van der Waals surface area contributed by atoms with Gasteiger partial charge in [0.1, 0.15) is 18.5 Å². The van der Waals surface area contributed by atoms with E-state index in [1.165, 1.54) is 0 Å². The first-order chi connectivity index (χ1) is 8.19. The van der Waals surface area contributed by atoms with E-state index in [9.17, 15) is 5.11 Å². The summed E-state index contributed by atoms with van der Waals surface area (Å²) in [6, 6.07) is 5.50. The maximum Gasteiger partial charge on any atom is 0.142 e. The molecule has 0 heterocycles. The Morgan fingerprint density at radius 1 is 1.47 bits per heavy atom. The average molecular weight is 260 g/mol. The van der Waals surface area contributed by atoms with Crippen LogP contribution in [0.25, 0.3) is 0 Å². The van der Waals surface area contributed by atoms with Crippen LogP contribution in [0.5, 0.6) is 5.75 Å². The summed E-state index contributed by atoms with van der Waals surface area (Å²) in [7, 11) is 0. The third-order valence-corrected chi connectivity index (χ3v) is 2.54. The molecule has 96 valence electrons. The van der Waals surface area contributed by atoms with Crippen LogP contribution in [-0.4, -0.2) is 36.1 Å². The lowest BCUT2D eigenvalue weighted by molar-refractivity contribution is 0.0533. The Balaban J connectivity index is 2.72. The van der Waals surface area contributed by atoms with Crippen LogP contribution >= 0.6 is 11.6 Å². The molecule has 0 bridgehead atoms. The van der Waals surface area contributed by atoms with Crippen molar-refractivity contribution in [3.8, 4) is 5.75 Å². The number of hydrogen-bond acceptors (Lipinski definition) is 4. The number of hydrogen-bond donors (Lipinski definition) is 3. The van der Waals surface area contributed by atoms with Crippen LogP contribution in [0.15, 0.2) is 18.2 Å². The normalized spacial score (nSPS) is 12.5. The molecule has 0 radical (unpaired) electrons. The second kappa shape index (κ2) is 7.50. The van der Waals surface area contributed by atoms with Crippen molar-refractivity contribution in [3.63, 3.8) is 0 Å². The van der Waals surface area contributed by atoms with E-state index in [1.807, 2.05) is 19.1 Å². The summed E-state index contributed by atoms with van der Waals surface area (Å²) in [6.07, 6.45) is -0.891. The summed E-state index contributed by atoms with van der Waals surface area (Å²) in [5.74, 6) is 0.558. The van der Waals surface area contributed by atoms with Gasteiger partial charge >= 0.3 is 0 Å². The minimum atomic E-state index is -0.891. The molecule has 0 fully saturated rings. The number of rotatable bonds is 7. The highest BCUT2D eigenvalue weighted by Crippen LogP contribution is 2.28. The summed E-state index contributed by atoms with van der Waals surface area (Å²) < 4.78 is 5.44. The smallest absolute Gasteiger partial charge is 0.142 e. The third kappa shape index (κ3) is 4.52. The minimum absolute atomic E-state index is 0.0271. The van der Waals surface area contributed by atoms with Gasteiger partial charge in [0, 0.05) is 12.1 Å². The summed E-state index contributed by atoms with van der Waals surface area (Å²) >= 11 is 6.04. The molecule has 1 aromatic carbocycles. The van der Waals surface area contributed by atoms with E-state index in [0.29, 0.717) is 17.3 Å². The molecule has 0 spiro atoms. The van der Waals surface area contributed by atoms with E-state index in [1.54, 1.807) is 6.07 Å². The second-order valence-electron chi connectivity index (χ2n) is 3.66. The quantitative estimate of drug-likeness (QED) is 0.688. The number of nitrogens with one attached hydrogen (secondary N) is 1. The molecule has 17 heavy (non-hydrogen) atoms. The van der Waals surface area contributed by atoms with Crippen molar-refractivity contribution >= 4 is 11.6 Å². The fraction of sp³-hybridized carbons (Fsp3) is 0.500. The molecule has 0 aromatic heterocycles. The van der Waals surface area contributed by atoms with Crippen molar-refractivity contribution < 1.29 is 14.9 Å². The number of halogens is 1. The van der Waals surface area contributed by atoms with Crippen molar-refractivity contribution in [1.29, 1.82) is 0 Å². The molecule has 0 aliphatic rings. The first kappa shape index (κ1) is 14.3. The van der Waals surface area contributed by atoms with Gasteiger partial charge in [-0.1, -0.05) is 30.7 Å². The molecule has 0 aliphatic heterocycles. The Hall–Kier alpha value is -0.810. The molecule has 0 aliphatic carbocycles. The fourth-order valence-corrected chi connectivity index (χ4v) is 1.59. The van der Waals surface area contributed by atoms with Crippen LogP contribution in [0.3, 0.4) is 0 Å². The Morgan fingerprint density at radius 2 is 2.24 bits per heavy atom. The number of para-hydroxylation sites is 1. The monoisotopic (exact) mass is 259 g/mol. The average Bonchev–Trinajstić information content (AvgIpc) is 2.34. The number of aliphatic hydroxyl groups excluding tert-OH is 2. The fourth-order valence-electron chi connectivity index (χ4n) is 1.35. The zero-order valence-corrected chi connectivity index (χ0v) is 10.6. The Bertz CT molecular complexity index is 347. The van der Waals surface area contributed by atoms with Gasteiger partial charge in [-0.2, -0.15) is 0 Å². The van der Waals surface area contributed by atoms with Crippen LogP contribution in [0.2, 0.25) is 5.02 Å². The van der Waals surface area contributed by atoms with Crippen LogP contribution in [0, 0.1) is 0 Å². The standard InChI is InChI=1S/C12H18ClNO3/c1-2-14-6-9-4-3-5-11(13)12(9)17-8-10(16)7-15/h3-5,10,14-16H,2,6-8H2,1H3. The van der Waals surface area contributed by atoms with Gasteiger partial charge in [0.2, 0.25) is 0 Å². The largest absolute Gasteiger partial charge is 0.489 e. The van der Waals surface area contributed by atoms with Gasteiger partial charge in [-0.05, 0) is 12.6 Å². The van der Waals surface area contributed by atoms with Gasteiger partial charge < -0.3 is 20.3 Å². The van der Waals surface area contributed by atoms with Crippen LogP contribution in [-0.2, 0) is 6.54 Å². The van der Waals surface area contributed by atoms with E-state index in [4.69, 9.17) is 21.4 Å². The van der Waals surface area contributed by atoms with Gasteiger partial charge in [0.05, 0.1) is 11.6 Å². The lowest BCUT2D eigenvalue weighted by Gasteiger charge is -2.15. The molecule has 5 heteroatoms. The molecular formula is C12H18ClNO3. The Labute approximate surface area is 106 Å². The molecule has 1 rings (SSSR count). The molecule has 0 amide bonds. The van der Waals surface area contributed by atoms with E-state index in [0.717, 1.165) is 12.1 Å². The summed E-state index contributed by atoms with van der Waals surface area (Å²) in [6.45, 7) is 3.22. The van der Waals surface area contributed by atoms with Gasteiger partial charge in [-0.25, -0.2) is 0 Å². The summed E-state index contributed by atoms with van der Waals surface area (Å²) in [5.41, 5.74) is 0.935. The van der Waals surface area contributed by atoms with Gasteiger partial charge in [-0.15, -0.1) is 0 Å². The molecule has 3 N–H and O–H groups in total. The molecule has 0 saturated carbocycles. The molecule has 1 aromatic rings. The first-order valence-corrected chi connectivity index (χ1v) is 5.96. The van der Waals surface area contributed by atoms with Crippen LogP contribution < -0.4 is 10.1 Å². The molecule has 0 saturated heterocycles. The molecular weight excluding hydrogens is 242 g/mol. The van der Waals surface area contributed by atoms with Crippen molar-refractivity contribution in [2.75, 3.05) is 19.8 Å². The Morgan fingerprint density at radius 3 is 2.88 bits per heavy atom. The number of aliphatic hydroxyl groups is 2. The predicted octanol–water partition coefficient (Wildman–Crippen LogP) is 1.18. The summed E-state index contributed by atoms with van der Waals surface area (Å²) in [4.78, 5) is 0. The third-order valence-electron chi connectivity index (χ3n) is 2.24. The van der Waals surface area contributed by atoms with Crippen molar-refractivity contribution in [3.05, 3.63) is 28.8 Å². The topological polar surface area (TPSA) is 61.7 Å². The highest BCUT2D eigenvalue weighted by molar-refractivity contribution is 6.32. The molecule has 4 nitrogen and oxygen atoms in total. The van der Waals surface area contributed by atoms with Gasteiger partial charge in [-0.3, -0.25) is 0 Å². The number of ether oxygens (including phenoxy) is 1. The number of benzene rings is 1. The lowest BCUT2D eigenvalue weighted by atomic mass is 10.2. The van der Waals surface area contributed by atoms with Crippen LogP contribution in [0.4, 0.5) is 0 Å². The SMILES string of the molecule is CCNCc1cccc(Cl)c1OCC(O)CO. The maximum atomic E-state index is 9.24. The van der Waals surface area contributed by atoms with E-state index >= 15 is 0 Å². The van der Waals surface area contributed by atoms with Crippen molar-refractivity contribution in [1.82, 2.24) is 5.32 Å². The van der Waals surface area contributed by atoms with Crippen molar-refractivity contribution in [2.24, 2.45) is 0 Å². The zero-order chi connectivity index (χ0) is 12.7. The van der Waals surface area contributed by atoms with Gasteiger partial charge in [0.15, 0.2) is 0 Å². The maximum absolute atomic E-state index is 9.24. The highest BCUT2D eigenvalue weighted by atomic mass is 35.5.